The lowest BCUT2D eigenvalue weighted by atomic mass is 9.42. The maximum atomic E-state index is 11.7. The molecule has 35 heavy (non-hydrogen) atoms. The Morgan fingerprint density at radius 3 is 2.37 bits per heavy atom. The quantitative estimate of drug-likeness (QED) is 0.427. The molecule has 0 amide bonds. The van der Waals surface area contributed by atoms with Gasteiger partial charge in [-0.25, -0.2) is 0 Å². The monoisotopic (exact) mass is 492 g/mol. The Morgan fingerprint density at radius 1 is 1.03 bits per heavy atom. The molecule has 0 heterocycles. The van der Waals surface area contributed by atoms with Crippen molar-refractivity contribution in [3.63, 3.8) is 0 Å². The summed E-state index contributed by atoms with van der Waals surface area (Å²) < 4.78 is 5.60. The minimum Gasteiger partial charge on any atom is -0.460 e. The zero-order valence-electron chi connectivity index (χ0n) is 23.3. The molecule has 0 aromatic carbocycles. The molecule has 202 valence electrons. The van der Waals surface area contributed by atoms with Crippen molar-refractivity contribution in [2.24, 2.45) is 46.3 Å². The van der Waals surface area contributed by atoms with Crippen molar-refractivity contribution in [2.45, 2.75) is 136 Å². The summed E-state index contributed by atoms with van der Waals surface area (Å²) in [5.74, 6) is 2.89. The van der Waals surface area contributed by atoms with Gasteiger partial charge in [0, 0.05) is 18.8 Å². The summed E-state index contributed by atoms with van der Waals surface area (Å²) >= 11 is 0. The lowest BCUT2D eigenvalue weighted by molar-refractivity contribution is -0.264. The third-order valence-electron chi connectivity index (χ3n) is 12.2. The molecule has 4 aliphatic rings. The third kappa shape index (κ3) is 4.40. The second-order valence-corrected chi connectivity index (χ2v) is 14.2. The standard InChI is InChI=1S/C30H52O5/c1-18(8-9-19(2)27(4,5)35-20(3)31)23-10-11-24-22-16-26(33)30(34)17-21(32)12-15-29(30,7)25(22)13-14-28(23,24)6/h18-19,21-26,32-34H,8-17H2,1-7H3/t18-,19+,21+,22+,23-,24+,25+,26-,28-,29-,30+/m1/s1. The first-order valence-corrected chi connectivity index (χ1v) is 14.4. The molecule has 4 rings (SSSR count). The Bertz CT molecular complexity index is 796. The average Bonchev–Trinajstić information content (AvgIpc) is 3.10. The molecule has 0 unspecified atom stereocenters. The molecule has 0 aromatic rings. The molecule has 0 aliphatic heterocycles. The van der Waals surface area contributed by atoms with Crippen LogP contribution in [-0.4, -0.2) is 44.7 Å². The Balaban J connectivity index is 1.46. The number of rotatable bonds is 6. The molecule has 4 fully saturated rings. The number of fused-ring (bicyclic) bond motifs is 5. The van der Waals surface area contributed by atoms with Crippen LogP contribution in [0.5, 0.6) is 0 Å². The van der Waals surface area contributed by atoms with Gasteiger partial charge in [0.1, 0.15) is 5.60 Å². The number of aliphatic hydroxyl groups excluding tert-OH is 2. The van der Waals surface area contributed by atoms with Gasteiger partial charge in [-0.15, -0.1) is 0 Å². The molecule has 5 nitrogen and oxygen atoms in total. The van der Waals surface area contributed by atoms with E-state index in [4.69, 9.17) is 4.74 Å². The van der Waals surface area contributed by atoms with Crippen LogP contribution in [0.4, 0.5) is 0 Å². The summed E-state index contributed by atoms with van der Waals surface area (Å²) in [6.45, 7) is 14.9. The molecule has 0 spiro atoms. The number of carbonyl (C=O) groups excluding carboxylic acids is 1. The fourth-order valence-corrected chi connectivity index (χ4v) is 9.77. The number of hydrogen-bond donors (Lipinski definition) is 3. The first kappa shape index (κ1) is 27.4. The second-order valence-electron chi connectivity index (χ2n) is 14.2. The largest absolute Gasteiger partial charge is 0.460 e. The van der Waals surface area contributed by atoms with Crippen LogP contribution >= 0.6 is 0 Å². The van der Waals surface area contributed by atoms with Gasteiger partial charge in [-0.1, -0.05) is 34.1 Å². The maximum Gasteiger partial charge on any atom is 0.303 e. The van der Waals surface area contributed by atoms with Gasteiger partial charge in [0.05, 0.1) is 17.8 Å². The number of carbonyl (C=O) groups is 1. The topological polar surface area (TPSA) is 87.0 Å². The molecule has 5 heteroatoms. The molecule has 0 aromatic heterocycles. The summed E-state index contributed by atoms with van der Waals surface area (Å²) in [4.78, 5) is 11.5. The van der Waals surface area contributed by atoms with Crippen LogP contribution in [0.1, 0.15) is 113 Å². The summed E-state index contributed by atoms with van der Waals surface area (Å²) in [7, 11) is 0. The minimum absolute atomic E-state index is 0.208. The number of hydrogen-bond acceptors (Lipinski definition) is 5. The predicted molar refractivity (Wildman–Crippen MR) is 137 cm³/mol. The highest BCUT2D eigenvalue weighted by Gasteiger charge is 2.67. The van der Waals surface area contributed by atoms with E-state index >= 15 is 0 Å². The highest BCUT2D eigenvalue weighted by molar-refractivity contribution is 5.66. The smallest absolute Gasteiger partial charge is 0.303 e. The van der Waals surface area contributed by atoms with Crippen molar-refractivity contribution in [2.75, 3.05) is 0 Å². The van der Waals surface area contributed by atoms with Crippen LogP contribution in [0.3, 0.4) is 0 Å². The molecule has 0 radical (unpaired) electrons. The number of aliphatic hydroxyl groups is 3. The van der Waals surface area contributed by atoms with Crippen molar-refractivity contribution in [3.05, 3.63) is 0 Å². The van der Waals surface area contributed by atoms with Crippen LogP contribution in [0.2, 0.25) is 0 Å². The van der Waals surface area contributed by atoms with Crippen LogP contribution in [0, 0.1) is 46.3 Å². The fourth-order valence-electron chi connectivity index (χ4n) is 9.77. The predicted octanol–water partition coefficient (Wildman–Crippen LogP) is 5.49. The summed E-state index contributed by atoms with van der Waals surface area (Å²) in [5, 5.41) is 33.2. The summed E-state index contributed by atoms with van der Waals surface area (Å²) in [5.41, 5.74) is -1.62. The molecular weight excluding hydrogens is 440 g/mol. The summed E-state index contributed by atoms with van der Waals surface area (Å²) in [6.07, 6.45) is 8.29. The molecule has 0 saturated heterocycles. The van der Waals surface area contributed by atoms with E-state index in [0.717, 1.165) is 32.1 Å². The lowest BCUT2D eigenvalue weighted by Gasteiger charge is -2.65. The van der Waals surface area contributed by atoms with E-state index < -0.39 is 23.4 Å². The van der Waals surface area contributed by atoms with E-state index in [-0.39, 0.29) is 16.8 Å². The Kier molecular flexibility index (Phi) is 7.26. The van der Waals surface area contributed by atoms with Crippen LogP contribution in [0.15, 0.2) is 0 Å². The first-order chi connectivity index (χ1) is 16.2. The van der Waals surface area contributed by atoms with Crippen LogP contribution < -0.4 is 0 Å². The third-order valence-corrected chi connectivity index (χ3v) is 12.2. The molecule has 11 atom stereocenters. The minimum atomic E-state index is -1.16. The van der Waals surface area contributed by atoms with E-state index in [9.17, 15) is 20.1 Å². The Labute approximate surface area is 213 Å². The van der Waals surface area contributed by atoms with Gasteiger partial charge >= 0.3 is 5.97 Å². The van der Waals surface area contributed by atoms with Crippen molar-refractivity contribution in [1.82, 2.24) is 0 Å². The maximum absolute atomic E-state index is 11.7. The van der Waals surface area contributed by atoms with Gasteiger partial charge in [-0.2, -0.15) is 0 Å². The zero-order valence-corrected chi connectivity index (χ0v) is 23.3. The van der Waals surface area contributed by atoms with Gasteiger partial charge in [0.15, 0.2) is 0 Å². The molecule has 4 aliphatic carbocycles. The summed E-state index contributed by atoms with van der Waals surface area (Å²) in [6, 6.07) is 0. The zero-order chi connectivity index (χ0) is 26.0. The van der Waals surface area contributed by atoms with E-state index in [1.807, 2.05) is 13.8 Å². The normalized spacial score (nSPS) is 47.3. The molecule has 4 saturated carbocycles. The van der Waals surface area contributed by atoms with Crippen molar-refractivity contribution in [3.8, 4) is 0 Å². The van der Waals surface area contributed by atoms with Crippen molar-refractivity contribution in [1.29, 1.82) is 0 Å². The van der Waals surface area contributed by atoms with Crippen LogP contribution in [-0.2, 0) is 9.53 Å². The SMILES string of the molecule is CC(=O)OC(C)(C)[C@@H](C)CC[C@@H](C)[C@H]1CC[C@H]2[C@@H]3C[C@@H](O)[C@@]4(O)C[C@@H](O)CC[C@]4(C)[C@H]3CC[C@]12C. The molecule has 0 bridgehead atoms. The van der Waals surface area contributed by atoms with Gasteiger partial charge in [0.2, 0.25) is 0 Å². The van der Waals surface area contributed by atoms with E-state index in [2.05, 4.69) is 27.7 Å². The van der Waals surface area contributed by atoms with Gasteiger partial charge in [-0.3, -0.25) is 4.79 Å². The highest BCUT2D eigenvalue weighted by atomic mass is 16.6. The average molecular weight is 493 g/mol. The van der Waals surface area contributed by atoms with Crippen LogP contribution in [0.25, 0.3) is 0 Å². The number of esters is 1. The van der Waals surface area contributed by atoms with Gasteiger partial charge < -0.3 is 20.1 Å². The highest BCUT2D eigenvalue weighted by Crippen LogP contribution is 2.69. The Hall–Kier alpha value is -0.650. The number of ether oxygens (including phenoxy) is 1. The second kappa shape index (κ2) is 9.27. The van der Waals surface area contributed by atoms with E-state index in [0.29, 0.717) is 48.3 Å². The van der Waals surface area contributed by atoms with Crippen molar-refractivity contribution >= 4 is 5.97 Å². The Morgan fingerprint density at radius 2 is 1.71 bits per heavy atom. The van der Waals surface area contributed by atoms with E-state index in [1.165, 1.54) is 26.2 Å². The van der Waals surface area contributed by atoms with Crippen molar-refractivity contribution < 1.29 is 24.9 Å². The van der Waals surface area contributed by atoms with Gasteiger partial charge in [0.25, 0.3) is 0 Å². The van der Waals surface area contributed by atoms with Gasteiger partial charge in [-0.05, 0) is 106 Å². The van der Waals surface area contributed by atoms with E-state index in [1.54, 1.807) is 0 Å². The molecule has 3 N–H and O–H groups in total. The fraction of sp³-hybridized carbons (Fsp3) is 0.967. The molecular formula is C30H52O5. The lowest BCUT2D eigenvalue weighted by Crippen LogP contribution is -2.68. The first-order valence-electron chi connectivity index (χ1n) is 14.4.